The minimum Gasteiger partial charge on any atom is -0.355 e. The maximum absolute atomic E-state index is 12.3. The van der Waals surface area contributed by atoms with Crippen LogP contribution in [0, 0.1) is 6.92 Å². The highest BCUT2D eigenvalue weighted by atomic mass is 79.9. The van der Waals surface area contributed by atoms with Gasteiger partial charge in [-0.05, 0) is 42.8 Å². The van der Waals surface area contributed by atoms with Gasteiger partial charge in [-0.15, -0.1) is 0 Å². The van der Waals surface area contributed by atoms with E-state index in [9.17, 15) is 9.59 Å². The van der Waals surface area contributed by atoms with Gasteiger partial charge in [-0.25, -0.2) is 0 Å². The lowest BCUT2D eigenvalue weighted by Crippen LogP contribution is -2.21. The highest BCUT2D eigenvalue weighted by Gasteiger charge is 2.13. The molecule has 0 spiro atoms. The first-order valence-electron chi connectivity index (χ1n) is 6.41. The standard InChI is InChI=1S/C16H15BrN2O2/c1-10-9-11(7-8-13(10)17)15(20)19-14-6-4-3-5-12(14)16(21)18-2/h3-9H,1-2H3,(H,18,21)(H,19,20). The number of amides is 2. The molecule has 2 N–H and O–H groups in total. The predicted octanol–water partition coefficient (Wildman–Crippen LogP) is 3.37. The van der Waals surface area contributed by atoms with Crippen LogP contribution in [0.5, 0.6) is 0 Å². The molecule has 5 heteroatoms. The van der Waals surface area contributed by atoms with Crippen LogP contribution in [0.2, 0.25) is 0 Å². The van der Waals surface area contributed by atoms with Crippen molar-refractivity contribution >= 4 is 33.4 Å². The Kier molecular flexibility index (Phi) is 4.75. The van der Waals surface area contributed by atoms with Crippen molar-refractivity contribution in [2.45, 2.75) is 6.92 Å². The van der Waals surface area contributed by atoms with Gasteiger partial charge in [0.1, 0.15) is 0 Å². The summed E-state index contributed by atoms with van der Waals surface area (Å²) in [7, 11) is 1.55. The molecule has 0 atom stereocenters. The number of carbonyl (C=O) groups is 2. The van der Waals surface area contributed by atoms with Crippen molar-refractivity contribution in [2.75, 3.05) is 12.4 Å². The molecule has 0 aromatic heterocycles. The van der Waals surface area contributed by atoms with E-state index in [1.807, 2.05) is 13.0 Å². The van der Waals surface area contributed by atoms with Gasteiger partial charge in [0.05, 0.1) is 11.3 Å². The second-order valence-electron chi connectivity index (χ2n) is 4.54. The van der Waals surface area contributed by atoms with E-state index in [1.165, 1.54) is 0 Å². The van der Waals surface area contributed by atoms with Crippen molar-refractivity contribution in [2.24, 2.45) is 0 Å². The van der Waals surface area contributed by atoms with Crippen LogP contribution in [0.3, 0.4) is 0 Å². The monoisotopic (exact) mass is 346 g/mol. The lowest BCUT2D eigenvalue weighted by atomic mass is 10.1. The van der Waals surface area contributed by atoms with Crippen LogP contribution in [-0.2, 0) is 0 Å². The zero-order valence-electron chi connectivity index (χ0n) is 11.7. The summed E-state index contributed by atoms with van der Waals surface area (Å²) in [4.78, 5) is 24.1. The van der Waals surface area contributed by atoms with Gasteiger partial charge < -0.3 is 10.6 Å². The van der Waals surface area contributed by atoms with Gasteiger partial charge in [0.15, 0.2) is 0 Å². The van der Waals surface area contributed by atoms with Crippen LogP contribution in [-0.4, -0.2) is 18.9 Å². The van der Waals surface area contributed by atoms with Crippen LogP contribution in [0.4, 0.5) is 5.69 Å². The molecule has 0 aliphatic heterocycles. The summed E-state index contributed by atoms with van der Waals surface area (Å²) < 4.78 is 0.949. The molecule has 0 aliphatic rings. The van der Waals surface area contributed by atoms with E-state index in [2.05, 4.69) is 26.6 Å². The summed E-state index contributed by atoms with van der Waals surface area (Å²) in [5, 5.41) is 5.33. The highest BCUT2D eigenvalue weighted by Crippen LogP contribution is 2.19. The summed E-state index contributed by atoms with van der Waals surface area (Å²) in [6.07, 6.45) is 0. The van der Waals surface area contributed by atoms with Crippen LogP contribution in [0.15, 0.2) is 46.9 Å². The molecule has 0 aliphatic carbocycles. The van der Waals surface area contributed by atoms with Crippen molar-refractivity contribution < 1.29 is 9.59 Å². The second-order valence-corrected chi connectivity index (χ2v) is 5.40. The summed E-state index contributed by atoms with van der Waals surface area (Å²) in [5.74, 6) is -0.486. The van der Waals surface area contributed by atoms with E-state index >= 15 is 0 Å². The molecule has 0 heterocycles. The first-order chi connectivity index (χ1) is 10.0. The molecule has 0 unspecified atom stereocenters. The SMILES string of the molecule is CNC(=O)c1ccccc1NC(=O)c1ccc(Br)c(C)c1. The van der Waals surface area contributed by atoms with Crippen LogP contribution < -0.4 is 10.6 Å². The normalized spacial score (nSPS) is 10.0. The van der Waals surface area contributed by atoms with Gasteiger partial charge in [-0.1, -0.05) is 28.1 Å². The van der Waals surface area contributed by atoms with E-state index < -0.39 is 0 Å². The number of nitrogens with one attached hydrogen (secondary N) is 2. The molecule has 0 bridgehead atoms. The number of benzene rings is 2. The van der Waals surface area contributed by atoms with Crippen molar-refractivity contribution in [3.8, 4) is 0 Å². The third-order valence-electron chi connectivity index (χ3n) is 3.07. The van der Waals surface area contributed by atoms with Gasteiger partial charge in [-0.3, -0.25) is 9.59 Å². The molecule has 0 saturated heterocycles. The largest absolute Gasteiger partial charge is 0.355 e. The highest BCUT2D eigenvalue weighted by molar-refractivity contribution is 9.10. The van der Waals surface area contributed by atoms with Crippen molar-refractivity contribution in [1.29, 1.82) is 0 Å². The summed E-state index contributed by atoms with van der Waals surface area (Å²) >= 11 is 3.40. The number of hydrogen-bond donors (Lipinski definition) is 2. The Balaban J connectivity index is 2.27. The van der Waals surface area contributed by atoms with Crippen LogP contribution in [0.25, 0.3) is 0 Å². The maximum atomic E-state index is 12.3. The average molecular weight is 347 g/mol. The molecule has 2 aromatic carbocycles. The number of para-hydroxylation sites is 1. The minimum atomic E-state index is -0.248. The predicted molar refractivity (Wildman–Crippen MR) is 86.7 cm³/mol. The molecule has 4 nitrogen and oxygen atoms in total. The molecule has 2 amide bonds. The van der Waals surface area contributed by atoms with Gasteiger partial charge in [-0.2, -0.15) is 0 Å². The van der Waals surface area contributed by atoms with Crippen molar-refractivity contribution in [3.63, 3.8) is 0 Å². The number of carbonyl (C=O) groups excluding carboxylic acids is 2. The Bertz CT molecular complexity index is 698. The second kappa shape index (κ2) is 6.54. The van der Waals surface area contributed by atoms with E-state index in [-0.39, 0.29) is 11.8 Å². The zero-order chi connectivity index (χ0) is 15.4. The molecule has 0 fully saturated rings. The third kappa shape index (κ3) is 3.49. The number of hydrogen-bond acceptors (Lipinski definition) is 2. The van der Waals surface area contributed by atoms with E-state index in [1.54, 1.807) is 43.4 Å². The van der Waals surface area contributed by atoms with E-state index in [4.69, 9.17) is 0 Å². The average Bonchev–Trinajstić information content (AvgIpc) is 2.49. The third-order valence-corrected chi connectivity index (χ3v) is 3.96. The molecular weight excluding hydrogens is 332 g/mol. The Labute approximate surface area is 131 Å². The first kappa shape index (κ1) is 15.3. The van der Waals surface area contributed by atoms with Crippen LogP contribution >= 0.6 is 15.9 Å². The van der Waals surface area contributed by atoms with E-state index in [0.29, 0.717) is 16.8 Å². The first-order valence-corrected chi connectivity index (χ1v) is 7.21. The smallest absolute Gasteiger partial charge is 0.255 e. The van der Waals surface area contributed by atoms with Gasteiger partial charge in [0.2, 0.25) is 0 Å². The fourth-order valence-corrected chi connectivity index (χ4v) is 2.15. The molecule has 2 aromatic rings. The van der Waals surface area contributed by atoms with Crippen molar-refractivity contribution in [1.82, 2.24) is 5.32 Å². The lowest BCUT2D eigenvalue weighted by molar-refractivity contribution is 0.0964. The summed E-state index contributed by atoms with van der Waals surface area (Å²) in [5.41, 5.74) is 2.44. The maximum Gasteiger partial charge on any atom is 0.255 e. The molecule has 0 saturated carbocycles. The Morgan fingerprint density at radius 3 is 2.43 bits per heavy atom. The van der Waals surface area contributed by atoms with E-state index in [0.717, 1.165) is 10.0 Å². The Hall–Kier alpha value is -2.14. The summed E-state index contributed by atoms with van der Waals surface area (Å²) in [6, 6.07) is 12.3. The number of anilines is 1. The fraction of sp³-hybridized carbons (Fsp3) is 0.125. The summed E-state index contributed by atoms with van der Waals surface area (Å²) in [6.45, 7) is 1.92. The molecule has 21 heavy (non-hydrogen) atoms. The minimum absolute atomic E-state index is 0.238. The Morgan fingerprint density at radius 1 is 1.05 bits per heavy atom. The topological polar surface area (TPSA) is 58.2 Å². The zero-order valence-corrected chi connectivity index (χ0v) is 13.3. The number of aryl methyl sites for hydroxylation is 1. The molecule has 0 radical (unpaired) electrons. The molecule has 108 valence electrons. The number of rotatable bonds is 3. The number of halogens is 1. The molecule has 2 rings (SSSR count). The van der Waals surface area contributed by atoms with Gasteiger partial charge in [0, 0.05) is 17.1 Å². The van der Waals surface area contributed by atoms with Gasteiger partial charge >= 0.3 is 0 Å². The lowest BCUT2D eigenvalue weighted by Gasteiger charge is -2.10. The molecular formula is C16H15BrN2O2. The van der Waals surface area contributed by atoms with Crippen molar-refractivity contribution in [3.05, 3.63) is 63.6 Å². The van der Waals surface area contributed by atoms with Gasteiger partial charge in [0.25, 0.3) is 11.8 Å². The fourth-order valence-electron chi connectivity index (χ4n) is 1.91. The quantitative estimate of drug-likeness (QED) is 0.894. The Morgan fingerprint density at radius 2 is 1.76 bits per heavy atom. The van der Waals surface area contributed by atoms with Crippen LogP contribution in [0.1, 0.15) is 26.3 Å².